The van der Waals surface area contributed by atoms with Crippen molar-refractivity contribution < 1.29 is 18.3 Å². The lowest BCUT2D eigenvalue weighted by molar-refractivity contribution is -0.0526. The molecule has 10 heteroatoms. The summed E-state index contributed by atoms with van der Waals surface area (Å²) in [6.45, 7) is 1.46. The molecule has 0 saturated carbocycles. The number of nitrogens with zero attached hydrogens (tertiary/aromatic N) is 2. The summed E-state index contributed by atoms with van der Waals surface area (Å²) < 4.78 is 29.1. The predicted molar refractivity (Wildman–Crippen MR) is 118 cm³/mol. The molecule has 1 aliphatic heterocycles. The van der Waals surface area contributed by atoms with E-state index >= 15 is 0 Å². The Bertz CT molecular complexity index is 1050. The summed E-state index contributed by atoms with van der Waals surface area (Å²) in [6.07, 6.45) is 0.684. The van der Waals surface area contributed by atoms with E-state index in [4.69, 9.17) is 5.73 Å². The number of fused-ring (bicyclic) bond motifs is 1. The molecule has 3 aromatic rings. The number of alkyl halides is 2. The zero-order valence-corrected chi connectivity index (χ0v) is 17.6. The van der Waals surface area contributed by atoms with E-state index in [9.17, 15) is 13.6 Å². The Morgan fingerprint density at radius 3 is 2.68 bits per heavy atom. The third kappa shape index (κ3) is 5.02. The molecule has 0 unspecified atom stereocenters. The van der Waals surface area contributed by atoms with E-state index in [0.29, 0.717) is 28.1 Å². The molecule has 0 atom stereocenters. The van der Waals surface area contributed by atoms with Crippen molar-refractivity contribution in [2.75, 3.05) is 43.4 Å². The molecule has 1 aromatic carbocycles. The number of halogens is 2. The van der Waals surface area contributed by atoms with Crippen molar-refractivity contribution in [2.45, 2.75) is 13.0 Å². The molecule has 0 spiro atoms. The first kappa shape index (κ1) is 21.3. The summed E-state index contributed by atoms with van der Waals surface area (Å²) in [4.78, 5) is 19.6. The van der Waals surface area contributed by atoms with Crippen LogP contribution in [-0.4, -0.2) is 50.2 Å². The first-order valence-corrected chi connectivity index (χ1v) is 10.8. The number of nitrogens with two attached hydrogens (primary N) is 1. The Balaban J connectivity index is 1.35. The zero-order chi connectivity index (χ0) is 21.8. The fourth-order valence-corrected chi connectivity index (χ4v) is 4.50. The van der Waals surface area contributed by atoms with E-state index in [1.54, 1.807) is 0 Å². The lowest BCUT2D eigenvalue weighted by Crippen LogP contribution is -2.43. The number of hydrogen-bond donors (Lipinski definition) is 3. The highest BCUT2D eigenvalue weighted by atomic mass is 32.1. The molecular formula is C21H23F2N5O2S. The normalized spacial score (nSPS) is 14.2. The average molecular weight is 448 g/mol. The molecule has 0 bridgehead atoms. The van der Waals surface area contributed by atoms with Crippen molar-refractivity contribution in [3.63, 3.8) is 0 Å². The summed E-state index contributed by atoms with van der Waals surface area (Å²) in [5.41, 5.74) is 8.69. The van der Waals surface area contributed by atoms with E-state index in [2.05, 4.69) is 49.5 Å². The van der Waals surface area contributed by atoms with Gasteiger partial charge in [0.15, 0.2) is 0 Å². The average Bonchev–Trinajstić information content (AvgIpc) is 3.10. The summed E-state index contributed by atoms with van der Waals surface area (Å²) in [6, 6.07) is 11.2. The molecule has 4 rings (SSSR count). The second-order valence-electron chi connectivity index (χ2n) is 7.13. The van der Waals surface area contributed by atoms with Crippen LogP contribution < -0.4 is 26.0 Å². The fourth-order valence-electron chi connectivity index (χ4n) is 3.50. The lowest BCUT2D eigenvalue weighted by Gasteiger charge is -2.29. The number of carbonyl (C=O) groups excluding carboxylic acids is 1. The molecule has 0 radical (unpaired) electrons. The largest absolute Gasteiger partial charge is 0.417 e. The number of hydrogen-bond acceptors (Lipinski definition) is 7. The third-order valence-electron chi connectivity index (χ3n) is 5.10. The van der Waals surface area contributed by atoms with Gasteiger partial charge in [-0.05, 0) is 30.2 Å². The van der Waals surface area contributed by atoms with E-state index < -0.39 is 6.61 Å². The minimum Gasteiger partial charge on any atom is -0.417 e. The smallest absolute Gasteiger partial charge is 0.388 e. The van der Waals surface area contributed by atoms with Crippen LogP contribution in [0.4, 0.5) is 20.2 Å². The maximum atomic E-state index is 12.6. The fraction of sp³-hybridized carbons (Fsp3) is 0.333. The summed E-state index contributed by atoms with van der Waals surface area (Å²) in [5.74, 6) is -0.519. The number of carbonyl (C=O) groups is 1. The van der Waals surface area contributed by atoms with Crippen LogP contribution in [0.15, 0.2) is 36.4 Å². The Morgan fingerprint density at radius 1 is 1.23 bits per heavy atom. The molecule has 1 amide bonds. The maximum Gasteiger partial charge on any atom is 0.388 e. The van der Waals surface area contributed by atoms with Crippen LogP contribution in [0.25, 0.3) is 10.2 Å². The number of nitrogens with one attached hydrogen (secondary N) is 2. The number of nitrogen functional groups attached to an aromatic ring is 1. The first-order valence-electron chi connectivity index (χ1n) is 9.98. The number of amides is 1. The molecule has 7 nitrogen and oxygen atoms in total. The van der Waals surface area contributed by atoms with Gasteiger partial charge in [-0.3, -0.25) is 4.79 Å². The van der Waals surface area contributed by atoms with Crippen molar-refractivity contribution in [2.24, 2.45) is 0 Å². The highest BCUT2D eigenvalue weighted by Crippen LogP contribution is 2.33. The van der Waals surface area contributed by atoms with E-state index in [1.807, 2.05) is 0 Å². The lowest BCUT2D eigenvalue weighted by atomic mass is 10.1. The van der Waals surface area contributed by atoms with Crippen molar-refractivity contribution in [1.29, 1.82) is 0 Å². The number of anilines is 2. The predicted octanol–water partition coefficient (Wildman–Crippen LogP) is 2.86. The minimum atomic E-state index is -2.96. The molecule has 2 aromatic heterocycles. The van der Waals surface area contributed by atoms with Crippen LogP contribution >= 0.6 is 11.3 Å². The Hall–Kier alpha value is -2.98. The van der Waals surface area contributed by atoms with Gasteiger partial charge in [0.25, 0.3) is 5.91 Å². The van der Waals surface area contributed by atoms with Crippen LogP contribution in [0.1, 0.15) is 15.2 Å². The highest BCUT2D eigenvalue weighted by Gasteiger charge is 2.18. The number of thiophene rings is 1. The molecule has 4 N–H and O–H groups in total. The van der Waals surface area contributed by atoms with Gasteiger partial charge in [0.05, 0.1) is 5.69 Å². The Morgan fingerprint density at radius 2 is 1.97 bits per heavy atom. The van der Waals surface area contributed by atoms with Crippen LogP contribution in [0, 0.1) is 0 Å². The van der Waals surface area contributed by atoms with Crippen molar-refractivity contribution in [3.05, 3.63) is 46.8 Å². The standard InChI is InChI=1S/C21H23F2N5O2S/c22-21(23)30-16-6-5-15-17(24)18(31-20(15)27-16)19(29)26-8-7-13-1-3-14(4-2-13)28-11-9-25-10-12-28/h1-6,21,25H,7-12,24H2,(H,26,29). The number of benzene rings is 1. The topological polar surface area (TPSA) is 92.5 Å². The highest BCUT2D eigenvalue weighted by molar-refractivity contribution is 7.21. The van der Waals surface area contributed by atoms with Gasteiger partial charge in [-0.25, -0.2) is 4.98 Å². The molecule has 1 fully saturated rings. The van der Waals surface area contributed by atoms with Gasteiger partial charge in [0, 0.05) is 49.9 Å². The Labute approximate surface area is 182 Å². The van der Waals surface area contributed by atoms with Gasteiger partial charge < -0.3 is 26.0 Å². The maximum absolute atomic E-state index is 12.6. The second kappa shape index (κ2) is 9.44. The number of ether oxygens (including phenoxy) is 1. The molecule has 1 saturated heterocycles. The van der Waals surface area contributed by atoms with Gasteiger partial charge >= 0.3 is 6.61 Å². The number of pyridine rings is 1. The Kier molecular flexibility index (Phi) is 6.47. The van der Waals surface area contributed by atoms with Crippen LogP contribution in [0.3, 0.4) is 0 Å². The van der Waals surface area contributed by atoms with Gasteiger partial charge in [-0.1, -0.05) is 12.1 Å². The monoisotopic (exact) mass is 447 g/mol. The van der Waals surface area contributed by atoms with Gasteiger partial charge in [0.1, 0.15) is 9.71 Å². The second-order valence-corrected chi connectivity index (χ2v) is 8.13. The summed E-state index contributed by atoms with van der Waals surface area (Å²) in [7, 11) is 0. The molecular weight excluding hydrogens is 424 g/mol. The summed E-state index contributed by atoms with van der Waals surface area (Å²) in [5, 5.41) is 6.75. The number of rotatable bonds is 7. The van der Waals surface area contributed by atoms with E-state index in [1.165, 1.54) is 17.8 Å². The van der Waals surface area contributed by atoms with Crippen molar-refractivity contribution in [3.8, 4) is 5.88 Å². The van der Waals surface area contributed by atoms with Gasteiger partial charge in [-0.15, -0.1) is 11.3 Å². The summed E-state index contributed by atoms with van der Waals surface area (Å²) >= 11 is 1.05. The SMILES string of the molecule is Nc1c(C(=O)NCCc2ccc(N3CCNCC3)cc2)sc2nc(OC(F)F)ccc12. The third-order valence-corrected chi connectivity index (χ3v) is 6.22. The van der Waals surface area contributed by atoms with Gasteiger partial charge in [0.2, 0.25) is 5.88 Å². The van der Waals surface area contributed by atoms with Crippen LogP contribution in [-0.2, 0) is 6.42 Å². The zero-order valence-electron chi connectivity index (χ0n) is 16.7. The number of aromatic nitrogens is 1. The van der Waals surface area contributed by atoms with Crippen molar-refractivity contribution >= 4 is 38.8 Å². The molecule has 31 heavy (non-hydrogen) atoms. The van der Waals surface area contributed by atoms with E-state index in [0.717, 1.165) is 43.1 Å². The van der Waals surface area contributed by atoms with Crippen LogP contribution in [0.2, 0.25) is 0 Å². The van der Waals surface area contributed by atoms with Crippen LogP contribution in [0.5, 0.6) is 5.88 Å². The minimum absolute atomic E-state index is 0.208. The van der Waals surface area contributed by atoms with Crippen molar-refractivity contribution in [1.82, 2.24) is 15.6 Å². The molecule has 1 aliphatic rings. The molecule has 164 valence electrons. The molecule has 3 heterocycles. The van der Waals surface area contributed by atoms with E-state index in [-0.39, 0.29) is 17.5 Å². The quantitative estimate of drug-likeness (QED) is 0.516. The van der Waals surface area contributed by atoms with Gasteiger partial charge in [-0.2, -0.15) is 8.78 Å². The number of piperazine rings is 1. The molecule has 0 aliphatic carbocycles. The first-order chi connectivity index (χ1) is 15.0.